The van der Waals surface area contributed by atoms with E-state index in [0.717, 1.165) is 51.3 Å². The smallest absolute Gasteiger partial charge is 0.148 e. The number of hydrogen-bond acceptors (Lipinski definition) is 2. The van der Waals surface area contributed by atoms with Crippen LogP contribution in [0.2, 0.25) is 0 Å². The van der Waals surface area contributed by atoms with Gasteiger partial charge in [0, 0.05) is 17.0 Å². The van der Waals surface area contributed by atoms with Gasteiger partial charge in [0.1, 0.15) is 5.65 Å². The van der Waals surface area contributed by atoms with Crippen LogP contribution >= 0.6 is 0 Å². The van der Waals surface area contributed by atoms with Crippen LogP contribution in [0.3, 0.4) is 0 Å². The van der Waals surface area contributed by atoms with Crippen LogP contribution in [0.25, 0.3) is 83.3 Å². The number of para-hydroxylation sites is 2. The van der Waals surface area contributed by atoms with Crippen LogP contribution in [-0.2, 0) is 0 Å². The zero-order chi connectivity index (χ0) is 25.5. The Balaban J connectivity index is 1.48. The van der Waals surface area contributed by atoms with Gasteiger partial charge in [-0.2, -0.15) is 0 Å². The quantitative estimate of drug-likeness (QED) is 0.220. The highest BCUT2D eigenvalue weighted by molar-refractivity contribution is 6.22. The Morgan fingerprint density at radius 1 is 0.641 bits per heavy atom. The first-order valence-corrected chi connectivity index (χ1v) is 13.6. The van der Waals surface area contributed by atoms with E-state index in [-0.39, 0.29) is 0 Å². The lowest BCUT2D eigenvalue weighted by Crippen LogP contribution is -2.27. The summed E-state index contributed by atoms with van der Waals surface area (Å²) >= 11 is 0. The highest BCUT2D eigenvalue weighted by Crippen LogP contribution is 2.38. The second kappa shape index (κ2) is 7.75. The molecule has 0 fully saturated rings. The molecule has 0 unspecified atom stereocenters. The van der Waals surface area contributed by atoms with Crippen molar-refractivity contribution in [3.63, 3.8) is 0 Å². The number of hydrogen-bond donors (Lipinski definition) is 0. The van der Waals surface area contributed by atoms with E-state index in [1.807, 2.05) is 12.3 Å². The van der Waals surface area contributed by atoms with Gasteiger partial charge in [-0.3, -0.25) is 9.38 Å². The summed E-state index contributed by atoms with van der Waals surface area (Å²) < 4.78 is 2.32. The summed E-state index contributed by atoms with van der Waals surface area (Å²) in [6, 6.07) is 35.1. The van der Waals surface area contributed by atoms with E-state index in [9.17, 15) is 0 Å². The summed E-state index contributed by atoms with van der Waals surface area (Å²) in [5.74, 6) is 0. The molecule has 0 aliphatic heterocycles. The third-order valence-corrected chi connectivity index (χ3v) is 8.40. The van der Waals surface area contributed by atoms with Crippen LogP contribution in [0, 0.1) is 0 Å². The Hall–Kier alpha value is -5.02. The fraction of sp³-hybridized carbons (Fsp3) is 0.0556. The van der Waals surface area contributed by atoms with E-state index >= 15 is 0 Å². The first-order chi connectivity index (χ1) is 19.3. The van der Waals surface area contributed by atoms with E-state index in [4.69, 9.17) is 9.97 Å². The molecule has 8 aromatic rings. The lowest BCUT2D eigenvalue weighted by atomic mass is 9.92. The minimum absolute atomic E-state index is 0.958. The Morgan fingerprint density at radius 2 is 1.51 bits per heavy atom. The van der Waals surface area contributed by atoms with Crippen molar-refractivity contribution in [2.45, 2.75) is 12.8 Å². The van der Waals surface area contributed by atoms with Crippen LogP contribution < -0.4 is 10.4 Å². The zero-order valence-electron chi connectivity index (χ0n) is 21.2. The molecule has 3 heterocycles. The SMILES string of the molecule is C1=c2cc(-c3ccc4c(c3)c3ccc5cccnc5c3c3nc5ccccc5n43)c3ccccc3c2=CCC1. The Morgan fingerprint density at radius 3 is 2.49 bits per heavy atom. The molecule has 0 atom stereocenters. The van der Waals surface area contributed by atoms with Crippen molar-refractivity contribution >= 4 is 72.2 Å². The zero-order valence-corrected chi connectivity index (χ0v) is 21.2. The summed E-state index contributed by atoms with van der Waals surface area (Å²) in [6.07, 6.45) is 8.87. The standard InChI is InChI=1S/C36H23N3/c1-2-10-25-23(8-1)20-29(27-12-4-3-11-26(25)27)24-16-18-32-30(21-24)28-17-15-22-9-7-19-37-35(22)34(28)36-38-31-13-5-6-14-33(31)39(32)36/h3-21H,1-2H2. The van der Waals surface area contributed by atoms with Gasteiger partial charge in [-0.25, -0.2) is 4.98 Å². The summed E-state index contributed by atoms with van der Waals surface area (Å²) in [7, 11) is 0. The Bertz CT molecular complexity index is 2450. The van der Waals surface area contributed by atoms with Crippen molar-refractivity contribution in [2.75, 3.05) is 0 Å². The molecule has 1 aliphatic rings. The predicted molar refractivity (Wildman–Crippen MR) is 163 cm³/mol. The van der Waals surface area contributed by atoms with Crippen LogP contribution in [0.5, 0.6) is 0 Å². The molecule has 5 aromatic carbocycles. The number of fused-ring (bicyclic) bond motifs is 13. The number of nitrogens with zero attached hydrogens (tertiary/aromatic N) is 3. The van der Waals surface area contributed by atoms with E-state index in [1.54, 1.807) is 0 Å². The van der Waals surface area contributed by atoms with Gasteiger partial charge in [-0.15, -0.1) is 0 Å². The highest BCUT2D eigenvalue weighted by Gasteiger charge is 2.17. The number of benzene rings is 5. The summed E-state index contributed by atoms with van der Waals surface area (Å²) in [5.41, 5.74) is 7.73. The normalized spacial score (nSPS) is 13.3. The minimum atomic E-state index is 0.958. The third kappa shape index (κ3) is 2.87. The molecule has 3 nitrogen and oxygen atoms in total. The van der Waals surface area contributed by atoms with E-state index < -0.39 is 0 Å². The number of aromatic nitrogens is 3. The van der Waals surface area contributed by atoms with Gasteiger partial charge in [-0.05, 0) is 87.0 Å². The lowest BCUT2D eigenvalue weighted by Gasteiger charge is -2.14. The molecule has 9 rings (SSSR count). The highest BCUT2D eigenvalue weighted by atomic mass is 15.0. The van der Waals surface area contributed by atoms with Gasteiger partial charge in [0.25, 0.3) is 0 Å². The molecule has 0 spiro atoms. The first kappa shape index (κ1) is 21.0. The summed E-state index contributed by atoms with van der Waals surface area (Å²) in [6.45, 7) is 0. The molecule has 0 N–H and O–H groups in total. The molecule has 182 valence electrons. The largest absolute Gasteiger partial charge is 0.292 e. The van der Waals surface area contributed by atoms with Gasteiger partial charge >= 0.3 is 0 Å². The summed E-state index contributed by atoms with van der Waals surface area (Å²) in [5, 5.41) is 9.96. The van der Waals surface area contributed by atoms with Crippen molar-refractivity contribution in [1.29, 1.82) is 0 Å². The molecular weight excluding hydrogens is 474 g/mol. The average molecular weight is 498 g/mol. The molecule has 1 aliphatic carbocycles. The van der Waals surface area contributed by atoms with Crippen molar-refractivity contribution in [2.24, 2.45) is 0 Å². The molecule has 0 bridgehead atoms. The van der Waals surface area contributed by atoms with Crippen molar-refractivity contribution in [3.05, 3.63) is 114 Å². The molecule has 39 heavy (non-hydrogen) atoms. The summed E-state index contributed by atoms with van der Waals surface area (Å²) in [4.78, 5) is 9.97. The van der Waals surface area contributed by atoms with Crippen molar-refractivity contribution < 1.29 is 0 Å². The maximum absolute atomic E-state index is 5.13. The third-order valence-electron chi connectivity index (χ3n) is 8.40. The Labute approximate surface area is 224 Å². The number of pyridine rings is 2. The Kier molecular flexibility index (Phi) is 4.17. The second-order valence-electron chi connectivity index (χ2n) is 10.5. The molecule has 3 heteroatoms. The van der Waals surface area contributed by atoms with Crippen LogP contribution in [0.1, 0.15) is 12.8 Å². The predicted octanol–water partition coefficient (Wildman–Crippen LogP) is 7.52. The average Bonchev–Trinajstić information content (AvgIpc) is 3.40. The fourth-order valence-electron chi connectivity index (χ4n) is 6.67. The van der Waals surface area contributed by atoms with E-state index in [1.165, 1.54) is 43.1 Å². The van der Waals surface area contributed by atoms with Crippen LogP contribution in [0.4, 0.5) is 0 Å². The van der Waals surface area contributed by atoms with Crippen LogP contribution in [0.15, 0.2) is 103 Å². The second-order valence-corrected chi connectivity index (χ2v) is 10.5. The number of rotatable bonds is 1. The number of imidazole rings is 1. The first-order valence-electron chi connectivity index (χ1n) is 13.6. The van der Waals surface area contributed by atoms with E-state index in [2.05, 4.69) is 108 Å². The van der Waals surface area contributed by atoms with Gasteiger partial charge in [0.15, 0.2) is 0 Å². The monoisotopic (exact) mass is 497 g/mol. The van der Waals surface area contributed by atoms with Crippen molar-refractivity contribution in [3.8, 4) is 11.1 Å². The molecule has 3 aromatic heterocycles. The van der Waals surface area contributed by atoms with Crippen LogP contribution in [-0.4, -0.2) is 14.4 Å². The molecule has 0 amide bonds. The van der Waals surface area contributed by atoms with Gasteiger partial charge in [-0.1, -0.05) is 72.8 Å². The molecule has 0 saturated carbocycles. The molecule has 0 saturated heterocycles. The van der Waals surface area contributed by atoms with Gasteiger partial charge < -0.3 is 0 Å². The van der Waals surface area contributed by atoms with Crippen molar-refractivity contribution in [1.82, 2.24) is 14.4 Å². The molecular formula is C36H23N3. The topological polar surface area (TPSA) is 30.2 Å². The van der Waals surface area contributed by atoms with E-state index in [0.29, 0.717) is 0 Å². The molecule has 0 radical (unpaired) electrons. The minimum Gasteiger partial charge on any atom is -0.292 e. The lowest BCUT2D eigenvalue weighted by molar-refractivity contribution is 1.12. The maximum atomic E-state index is 5.13. The van der Waals surface area contributed by atoms with Gasteiger partial charge in [0.05, 0.1) is 27.5 Å². The maximum Gasteiger partial charge on any atom is 0.148 e. The van der Waals surface area contributed by atoms with Gasteiger partial charge in [0.2, 0.25) is 0 Å². The fourth-order valence-corrected chi connectivity index (χ4v) is 6.67.